The molecule has 2 aromatic rings. The number of anilines is 1. The molecule has 1 saturated heterocycles. The molecule has 0 unspecified atom stereocenters. The van der Waals surface area contributed by atoms with Crippen LogP contribution in [0.2, 0.25) is 5.02 Å². The standard InChI is InChI=1S/C19H19ClF2N2O2/c20-16-9-13(1-3-17(16)22)15-10-14(21)2-4-18(15)24-19(25)26-11-12-5-7-23-8-6-12/h1-4,9-10,12,23H,5-8,11H2,(H,24,25). The van der Waals surface area contributed by atoms with Crippen molar-refractivity contribution in [2.75, 3.05) is 25.0 Å². The van der Waals surface area contributed by atoms with E-state index in [2.05, 4.69) is 10.6 Å². The van der Waals surface area contributed by atoms with E-state index in [-0.39, 0.29) is 5.02 Å². The number of rotatable bonds is 4. The smallest absolute Gasteiger partial charge is 0.411 e. The van der Waals surface area contributed by atoms with E-state index in [1.165, 1.54) is 36.4 Å². The van der Waals surface area contributed by atoms with Gasteiger partial charge < -0.3 is 10.1 Å². The molecule has 0 aromatic heterocycles. The first kappa shape index (κ1) is 18.6. The third-order valence-corrected chi connectivity index (χ3v) is 4.65. The lowest BCUT2D eigenvalue weighted by Gasteiger charge is -2.22. The second-order valence-corrected chi connectivity index (χ2v) is 6.64. The highest BCUT2D eigenvalue weighted by Crippen LogP contribution is 2.31. The first-order valence-electron chi connectivity index (χ1n) is 8.42. The minimum Gasteiger partial charge on any atom is -0.449 e. The summed E-state index contributed by atoms with van der Waals surface area (Å²) in [5.41, 5.74) is 1.25. The molecule has 7 heteroatoms. The second kappa shape index (κ2) is 8.47. The van der Waals surface area contributed by atoms with Crippen molar-refractivity contribution in [3.8, 4) is 11.1 Å². The summed E-state index contributed by atoms with van der Waals surface area (Å²) >= 11 is 5.81. The maximum atomic E-state index is 13.7. The zero-order valence-corrected chi connectivity index (χ0v) is 14.8. The van der Waals surface area contributed by atoms with E-state index >= 15 is 0 Å². The third kappa shape index (κ3) is 4.71. The number of amides is 1. The average molecular weight is 381 g/mol. The van der Waals surface area contributed by atoms with E-state index in [0.29, 0.717) is 29.3 Å². The third-order valence-electron chi connectivity index (χ3n) is 4.36. The van der Waals surface area contributed by atoms with Gasteiger partial charge in [0.05, 0.1) is 17.3 Å². The lowest BCUT2D eigenvalue weighted by Crippen LogP contribution is -2.31. The van der Waals surface area contributed by atoms with Gasteiger partial charge in [0.2, 0.25) is 0 Å². The number of piperidine rings is 1. The quantitative estimate of drug-likeness (QED) is 0.798. The van der Waals surface area contributed by atoms with Crippen LogP contribution in [-0.2, 0) is 4.74 Å². The zero-order valence-electron chi connectivity index (χ0n) is 14.0. The van der Waals surface area contributed by atoms with Gasteiger partial charge in [-0.25, -0.2) is 13.6 Å². The molecule has 2 aromatic carbocycles. The fourth-order valence-corrected chi connectivity index (χ4v) is 3.10. The highest BCUT2D eigenvalue weighted by atomic mass is 35.5. The van der Waals surface area contributed by atoms with E-state index < -0.39 is 17.7 Å². The molecular formula is C19H19ClF2N2O2. The van der Waals surface area contributed by atoms with E-state index in [1.807, 2.05) is 0 Å². The molecule has 138 valence electrons. The first-order chi connectivity index (χ1) is 12.5. The van der Waals surface area contributed by atoms with E-state index in [9.17, 15) is 13.6 Å². The van der Waals surface area contributed by atoms with Crippen LogP contribution < -0.4 is 10.6 Å². The highest BCUT2D eigenvalue weighted by molar-refractivity contribution is 6.31. The maximum absolute atomic E-state index is 13.7. The molecule has 4 nitrogen and oxygen atoms in total. The number of nitrogens with one attached hydrogen (secondary N) is 2. The Morgan fingerprint density at radius 1 is 1.19 bits per heavy atom. The first-order valence-corrected chi connectivity index (χ1v) is 8.80. The van der Waals surface area contributed by atoms with Gasteiger partial charge in [-0.2, -0.15) is 0 Å². The highest BCUT2D eigenvalue weighted by Gasteiger charge is 2.16. The van der Waals surface area contributed by atoms with Crippen LogP contribution in [0.3, 0.4) is 0 Å². The second-order valence-electron chi connectivity index (χ2n) is 6.24. The predicted octanol–water partition coefficient (Wildman–Crippen LogP) is 4.83. The van der Waals surface area contributed by atoms with E-state index in [4.69, 9.17) is 16.3 Å². The van der Waals surface area contributed by atoms with Gasteiger partial charge >= 0.3 is 6.09 Å². The monoisotopic (exact) mass is 380 g/mol. The van der Waals surface area contributed by atoms with Crippen LogP contribution in [0.4, 0.5) is 19.3 Å². The summed E-state index contributed by atoms with van der Waals surface area (Å²) in [5.74, 6) is -0.706. The Bertz CT molecular complexity index is 795. The molecular weight excluding hydrogens is 362 g/mol. The Hall–Kier alpha value is -2.18. The van der Waals surface area contributed by atoms with Crippen molar-refractivity contribution in [1.29, 1.82) is 0 Å². The molecule has 3 rings (SSSR count). The fraction of sp³-hybridized carbons (Fsp3) is 0.316. The Balaban J connectivity index is 1.72. The molecule has 0 aliphatic carbocycles. The summed E-state index contributed by atoms with van der Waals surface area (Å²) in [6, 6.07) is 7.98. The Morgan fingerprint density at radius 3 is 2.69 bits per heavy atom. The molecule has 0 saturated carbocycles. The van der Waals surface area contributed by atoms with Gasteiger partial charge in [-0.1, -0.05) is 17.7 Å². The molecule has 1 fully saturated rings. The molecule has 0 spiro atoms. The van der Waals surface area contributed by atoms with Crippen molar-refractivity contribution in [1.82, 2.24) is 5.32 Å². The molecule has 26 heavy (non-hydrogen) atoms. The maximum Gasteiger partial charge on any atom is 0.411 e. The van der Waals surface area contributed by atoms with E-state index in [1.54, 1.807) is 0 Å². The number of carbonyl (C=O) groups is 1. The number of carbonyl (C=O) groups excluding carboxylic acids is 1. The molecule has 0 bridgehead atoms. The number of ether oxygens (including phenoxy) is 1. The van der Waals surface area contributed by atoms with Gasteiger partial charge in [0.1, 0.15) is 11.6 Å². The van der Waals surface area contributed by atoms with Gasteiger partial charge in [0.15, 0.2) is 0 Å². The lowest BCUT2D eigenvalue weighted by atomic mass is 9.99. The summed E-state index contributed by atoms with van der Waals surface area (Å²) in [7, 11) is 0. The largest absolute Gasteiger partial charge is 0.449 e. The number of halogens is 3. The summed E-state index contributed by atoms with van der Waals surface area (Å²) in [6.45, 7) is 2.18. The van der Waals surface area contributed by atoms with Crippen LogP contribution in [0.25, 0.3) is 11.1 Å². The molecule has 2 N–H and O–H groups in total. The molecule has 1 amide bonds. The molecule has 0 atom stereocenters. The average Bonchev–Trinajstić information content (AvgIpc) is 2.65. The van der Waals surface area contributed by atoms with Crippen LogP contribution >= 0.6 is 11.6 Å². The number of hydrogen-bond donors (Lipinski definition) is 2. The van der Waals surface area contributed by atoms with Crippen molar-refractivity contribution < 1.29 is 18.3 Å². The molecule has 1 aliphatic rings. The van der Waals surface area contributed by atoms with Gasteiger partial charge in [-0.15, -0.1) is 0 Å². The van der Waals surface area contributed by atoms with Gasteiger partial charge in [-0.3, -0.25) is 5.32 Å². The van der Waals surface area contributed by atoms with Crippen LogP contribution in [0.5, 0.6) is 0 Å². The summed E-state index contributed by atoms with van der Waals surface area (Å²) in [6.07, 6.45) is 1.32. The number of hydrogen-bond acceptors (Lipinski definition) is 3. The van der Waals surface area contributed by atoms with Crippen molar-refractivity contribution >= 4 is 23.4 Å². The summed E-state index contributed by atoms with van der Waals surface area (Å²) in [4.78, 5) is 12.1. The van der Waals surface area contributed by atoms with Gasteiger partial charge in [0, 0.05) is 5.56 Å². The van der Waals surface area contributed by atoms with E-state index in [0.717, 1.165) is 25.9 Å². The molecule has 1 aliphatic heterocycles. The fourth-order valence-electron chi connectivity index (χ4n) is 2.92. The molecule has 1 heterocycles. The predicted molar refractivity (Wildman–Crippen MR) is 97.4 cm³/mol. The zero-order chi connectivity index (χ0) is 18.5. The van der Waals surface area contributed by atoms with Crippen LogP contribution in [0, 0.1) is 17.6 Å². The normalized spacial score (nSPS) is 14.9. The summed E-state index contributed by atoms with van der Waals surface area (Å²) < 4.78 is 32.4. The van der Waals surface area contributed by atoms with Crippen molar-refractivity contribution in [3.63, 3.8) is 0 Å². The SMILES string of the molecule is O=C(Nc1ccc(F)cc1-c1ccc(F)c(Cl)c1)OCC1CCNCC1. The topological polar surface area (TPSA) is 50.4 Å². The minimum absolute atomic E-state index is 0.0776. The Kier molecular flexibility index (Phi) is 6.06. The van der Waals surface area contributed by atoms with Crippen LogP contribution in [0.1, 0.15) is 12.8 Å². The van der Waals surface area contributed by atoms with Crippen molar-refractivity contribution in [3.05, 3.63) is 53.1 Å². The van der Waals surface area contributed by atoms with Crippen molar-refractivity contribution in [2.24, 2.45) is 5.92 Å². The Morgan fingerprint density at radius 2 is 1.96 bits per heavy atom. The lowest BCUT2D eigenvalue weighted by molar-refractivity contribution is 0.131. The Labute approximate surface area is 155 Å². The van der Waals surface area contributed by atoms with Gasteiger partial charge in [0.25, 0.3) is 0 Å². The van der Waals surface area contributed by atoms with Crippen LogP contribution in [0.15, 0.2) is 36.4 Å². The number of benzene rings is 2. The van der Waals surface area contributed by atoms with Crippen molar-refractivity contribution in [2.45, 2.75) is 12.8 Å². The summed E-state index contributed by atoms with van der Waals surface area (Å²) in [5, 5.41) is 5.80. The molecule has 0 radical (unpaired) electrons. The minimum atomic E-state index is -0.607. The van der Waals surface area contributed by atoms with Gasteiger partial charge in [-0.05, 0) is 67.7 Å². The van der Waals surface area contributed by atoms with Crippen LogP contribution in [-0.4, -0.2) is 25.8 Å².